The van der Waals surface area contributed by atoms with Gasteiger partial charge in [0.1, 0.15) is 0 Å². The second kappa shape index (κ2) is 10.8. The van der Waals surface area contributed by atoms with Crippen molar-refractivity contribution in [2.45, 2.75) is 19.9 Å². The Hall–Kier alpha value is -3.37. The molecule has 0 radical (unpaired) electrons. The van der Waals surface area contributed by atoms with Crippen LogP contribution in [0.4, 0.5) is 4.79 Å². The average molecular weight is 394 g/mol. The molecular weight excluding hydrogens is 368 g/mol. The molecule has 0 aliphatic carbocycles. The molecule has 2 aromatic rings. The first kappa shape index (κ1) is 21.9. The standard InChI is InChI=1S/C22H26N4O3/c1-17-7-5-13-26(21(17)28)14-11-23-22(29)24-20(27)16-19-9-4-8-18(15-19)10-6-12-25(2)3/h4-5,7-9,13,15H,11-12,14,16H2,1-3H3,(H2,23,24,27,29). The van der Waals surface area contributed by atoms with E-state index in [9.17, 15) is 14.4 Å². The van der Waals surface area contributed by atoms with Crippen molar-refractivity contribution in [3.8, 4) is 11.8 Å². The lowest BCUT2D eigenvalue weighted by Crippen LogP contribution is -2.42. The Kier molecular flexibility index (Phi) is 8.19. The summed E-state index contributed by atoms with van der Waals surface area (Å²) < 4.78 is 1.51. The van der Waals surface area contributed by atoms with Gasteiger partial charge in [0.15, 0.2) is 0 Å². The highest BCUT2D eigenvalue weighted by Gasteiger charge is 2.09. The highest BCUT2D eigenvalue weighted by molar-refractivity contribution is 5.95. The molecule has 0 spiro atoms. The Morgan fingerprint density at radius 2 is 1.97 bits per heavy atom. The van der Waals surface area contributed by atoms with Crippen LogP contribution in [0.3, 0.4) is 0 Å². The second-order valence-corrected chi connectivity index (χ2v) is 6.91. The summed E-state index contributed by atoms with van der Waals surface area (Å²) in [5.41, 5.74) is 2.14. The van der Waals surface area contributed by atoms with Gasteiger partial charge in [0.2, 0.25) is 5.91 Å². The van der Waals surface area contributed by atoms with Gasteiger partial charge in [-0.2, -0.15) is 0 Å². The number of imide groups is 1. The monoisotopic (exact) mass is 394 g/mol. The zero-order chi connectivity index (χ0) is 21.2. The summed E-state index contributed by atoms with van der Waals surface area (Å²) in [4.78, 5) is 37.9. The first-order valence-electron chi connectivity index (χ1n) is 9.31. The summed E-state index contributed by atoms with van der Waals surface area (Å²) in [5.74, 6) is 5.69. The van der Waals surface area contributed by atoms with E-state index in [0.717, 1.165) is 11.1 Å². The number of urea groups is 1. The molecule has 2 N–H and O–H groups in total. The Morgan fingerprint density at radius 3 is 2.72 bits per heavy atom. The van der Waals surface area contributed by atoms with Crippen molar-refractivity contribution < 1.29 is 9.59 Å². The van der Waals surface area contributed by atoms with Gasteiger partial charge < -0.3 is 9.88 Å². The number of aromatic nitrogens is 1. The van der Waals surface area contributed by atoms with Crippen LogP contribution in [-0.2, 0) is 17.8 Å². The fourth-order valence-electron chi connectivity index (χ4n) is 2.58. The number of hydrogen-bond acceptors (Lipinski definition) is 4. The van der Waals surface area contributed by atoms with E-state index < -0.39 is 11.9 Å². The summed E-state index contributed by atoms with van der Waals surface area (Å²) >= 11 is 0. The normalized spacial score (nSPS) is 10.2. The number of nitrogens with one attached hydrogen (secondary N) is 2. The third-order valence-corrected chi connectivity index (χ3v) is 4.02. The van der Waals surface area contributed by atoms with Crippen molar-refractivity contribution in [1.29, 1.82) is 0 Å². The number of nitrogens with zero attached hydrogens (tertiary/aromatic N) is 2. The van der Waals surface area contributed by atoms with Crippen LogP contribution in [0.15, 0.2) is 47.4 Å². The minimum atomic E-state index is -0.586. The first-order valence-corrected chi connectivity index (χ1v) is 9.31. The Balaban J connectivity index is 1.81. The topological polar surface area (TPSA) is 83.4 Å². The molecule has 0 fully saturated rings. The molecule has 1 aromatic carbocycles. The molecule has 0 unspecified atom stereocenters. The molecule has 0 aliphatic rings. The van der Waals surface area contributed by atoms with Gasteiger partial charge in [0.05, 0.1) is 13.0 Å². The molecule has 2 rings (SSSR count). The van der Waals surface area contributed by atoms with Gasteiger partial charge in [-0.3, -0.25) is 19.8 Å². The number of amides is 3. The van der Waals surface area contributed by atoms with Gasteiger partial charge in [0, 0.05) is 30.4 Å². The van der Waals surface area contributed by atoms with Crippen molar-refractivity contribution in [2.24, 2.45) is 0 Å². The third kappa shape index (κ3) is 7.64. The highest BCUT2D eigenvalue weighted by Crippen LogP contribution is 2.05. The maximum atomic E-state index is 12.1. The van der Waals surface area contributed by atoms with Crippen molar-refractivity contribution in [2.75, 3.05) is 27.2 Å². The molecule has 1 heterocycles. The third-order valence-electron chi connectivity index (χ3n) is 4.02. The Morgan fingerprint density at radius 1 is 1.17 bits per heavy atom. The molecule has 0 saturated carbocycles. The van der Waals surface area contributed by atoms with Crippen LogP contribution in [0.1, 0.15) is 16.7 Å². The molecule has 0 aliphatic heterocycles. The molecule has 1 aromatic heterocycles. The fourth-order valence-corrected chi connectivity index (χ4v) is 2.58. The van der Waals surface area contributed by atoms with Gasteiger partial charge in [-0.1, -0.05) is 30.0 Å². The van der Waals surface area contributed by atoms with Crippen molar-refractivity contribution in [3.05, 3.63) is 69.6 Å². The Bertz CT molecular complexity index is 983. The van der Waals surface area contributed by atoms with E-state index in [4.69, 9.17) is 0 Å². The molecule has 0 bridgehead atoms. The number of rotatable bonds is 6. The smallest absolute Gasteiger partial charge is 0.321 e. The lowest BCUT2D eigenvalue weighted by molar-refractivity contribution is -0.119. The number of carbonyl (C=O) groups is 2. The number of aryl methyl sites for hydroxylation is 1. The number of hydrogen-bond donors (Lipinski definition) is 2. The van der Waals surface area contributed by atoms with Crippen molar-refractivity contribution in [3.63, 3.8) is 0 Å². The maximum absolute atomic E-state index is 12.1. The van der Waals surface area contributed by atoms with E-state index >= 15 is 0 Å². The summed E-state index contributed by atoms with van der Waals surface area (Å²) in [6.07, 6.45) is 1.74. The van der Waals surface area contributed by atoms with E-state index in [1.54, 1.807) is 25.3 Å². The van der Waals surface area contributed by atoms with E-state index in [1.165, 1.54) is 4.57 Å². The SMILES string of the molecule is Cc1cccn(CCNC(=O)NC(=O)Cc2cccc(C#CCN(C)C)c2)c1=O. The average Bonchev–Trinajstić information content (AvgIpc) is 2.65. The maximum Gasteiger partial charge on any atom is 0.321 e. The van der Waals surface area contributed by atoms with Gasteiger partial charge >= 0.3 is 6.03 Å². The fraction of sp³-hybridized carbons (Fsp3) is 0.318. The zero-order valence-corrected chi connectivity index (χ0v) is 17.0. The van der Waals surface area contributed by atoms with E-state index in [1.807, 2.05) is 43.3 Å². The van der Waals surface area contributed by atoms with E-state index in [-0.39, 0.29) is 18.5 Å². The second-order valence-electron chi connectivity index (χ2n) is 6.91. The molecule has 0 atom stereocenters. The number of carbonyl (C=O) groups excluding carboxylic acids is 2. The van der Waals surface area contributed by atoms with Gasteiger partial charge in [-0.05, 0) is 44.8 Å². The van der Waals surface area contributed by atoms with Crippen LogP contribution in [0.5, 0.6) is 0 Å². The lowest BCUT2D eigenvalue weighted by atomic mass is 10.1. The van der Waals surface area contributed by atoms with Crippen molar-refractivity contribution >= 4 is 11.9 Å². The molecule has 152 valence electrons. The van der Waals surface area contributed by atoms with Gasteiger partial charge in [0.25, 0.3) is 5.56 Å². The molecule has 0 saturated heterocycles. The zero-order valence-electron chi connectivity index (χ0n) is 17.0. The minimum Gasteiger partial charge on any atom is -0.336 e. The van der Waals surface area contributed by atoms with Crippen LogP contribution in [0, 0.1) is 18.8 Å². The lowest BCUT2D eigenvalue weighted by Gasteiger charge is -2.09. The predicted molar refractivity (Wildman–Crippen MR) is 113 cm³/mol. The molecule has 7 nitrogen and oxygen atoms in total. The largest absolute Gasteiger partial charge is 0.336 e. The summed E-state index contributed by atoms with van der Waals surface area (Å²) in [5, 5.41) is 4.89. The van der Waals surface area contributed by atoms with Crippen LogP contribution in [0.2, 0.25) is 0 Å². The highest BCUT2D eigenvalue weighted by atomic mass is 16.2. The molecule has 3 amide bonds. The Labute approximate surface area is 170 Å². The first-order chi connectivity index (χ1) is 13.8. The number of benzene rings is 1. The minimum absolute atomic E-state index is 0.0773. The quantitative estimate of drug-likeness (QED) is 0.720. The summed E-state index contributed by atoms with van der Waals surface area (Å²) in [6, 6.07) is 10.3. The summed E-state index contributed by atoms with van der Waals surface area (Å²) in [6.45, 7) is 2.95. The van der Waals surface area contributed by atoms with Gasteiger partial charge in [-0.25, -0.2) is 4.79 Å². The van der Waals surface area contributed by atoms with E-state index in [0.29, 0.717) is 18.7 Å². The van der Waals surface area contributed by atoms with Crippen LogP contribution in [-0.4, -0.2) is 48.6 Å². The van der Waals surface area contributed by atoms with Crippen LogP contribution in [0.25, 0.3) is 0 Å². The summed E-state index contributed by atoms with van der Waals surface area (Å²) in [7, 11) is 3.89. The molecule has 29 heavy (non-hydrogen) atoms. The van der Waals surface area contributed by atoms with Gasteiger partial charge in [-0.15, -0.1) is 0 Å². The van der Waals surface area contributed by atoms with Crippen LogP contribution >= 0.6 is 0 Å². The predicted octanol–water partition coefficient (Wildman–Crippen LogP) is 1.14. The molecule has 7 heteroatoms. The van der Waals surface area contributed by atoms with E-state index in [2.05, 4.69) is 22.5 Å². The van der Waals surface area contributed by atoms with Crippen molar-refractivity contribution in [1.82, 2.24) is 20.1 Å². The number of pyridine rings is 1. The molecular formula is C22H26N4O3. The van der Waals surface area contributed by atoms with Crippen LogP contribution < -0.4 is 16.2 Å².